The monoisotopic (exact) mass is 542 g/mol. The lowest BCUT2D eigenvalue weighted by molar-refractivity contribution is -0.137. The summed E-state index contributed by atoms with van der Waals surface area (Å²) in [5.41, 5.74) is 0.177. The van der Waals surface area contributed by atoms with Crippen molar-refractivity contribution in [3.8, 4) is 5.75 Å². The first kappa shape index (κ1) is 25.7. The van der Waals surface area contributed by atoms with Gasteiger partial charge in [0.2, 0.25) is 11.0 Å². The highest BCUT2D eigenvalue weighted by Crippen LogP contribution is 2.32. The quantitative estimate of drug-likeness (QED) is 0.233. The molecule has 10 nitrogen and oxygen atoms in total. The summed E-state index contributed by atoms with van der Waals surface area (Å²) in [4.78, 5) is 24.1. The number of carbonyl (C=O) groups is 2. The standard InChI is InChI=1S/C20H19ClN4O6S3/c1-30-16-9-8-13(10-15(16)21)25(34(28,29)14-6-4-3-5-7-14)11-17(26)22-19-23-24-20(33-19)32-12-18(27)31-2/h3-10H,11-12H2,1-2H3,(H,22,23,26). The molecule has 0 aliphatic rings. The second-order valence-corrected chi connectivity index (χ2v) is 10.9. The van der Waals surface area contributed by atoms with Gasteiger partial charge in [0.1, 0.15) is 12.3 Å². The lowest BCUT2D eigenvalue weighted by atomic mass is 10.3. The van der Waals surface area contributed by atoms with E-state index in [0.29, 0.717) is 10.1 Å². The fourth-order valence-electron chi connectivity index (χ4n) is 2.63. The average Bonchev–Trinajstić information content (AvgIpc) is 3.28. The molecule has 0 bridgehead atoms. The van der Waals surface area contributed by atoms with E-state index in [2.05, 4.69) is 20.3 Å². The number of ether oxygens (including phenoxy) is 2. The van der Waals surface area contributed by atoms with Crippen LogP contribution >= 0.6 is 34.7 Å². The van der Waals surface area contributed by atoms with E-state index in [1.54, 1.807) is 18.2 Å². The smallest absolute Gasteiger partial charge is 0.316 e. The van der Waals surface area contributed by atoms with Gasteiger partial charge in [-0.25, -0.2) is 8.42 Å². The van der Waals surface area contributed by atoms with Crippen LogP contribution in [-0.2, 0) is 24.3 Å². The molecule has 1 aromatic heterocycles. The molecule has 1 amide bonds. The molecule has 0 unspecified atom stereocenters. The van der Waals surface area contributed by atoms with Crippen LogP contribution < -0.4 is 14.4 Å². The van der Waals surface area contributed by atoms with Crippen LogP contribution in [0.2, 0.25) is 5.02 Å². The molecule has 0 spiro atoms. The summed E-state index contributed by atoms with van der Waals surface area (Å²) in [6, 6.07) is 12.1. The van der Waals surface area contributed by atoms with Crippen molar-refractivity contribution in [3.63, 3.8) is 0 Å². The number of carbonyl (C=O) groups excluding carboxylic acids is 2. The number of benzene rings is 2. The minimum Gasteiger partial charge on any atom is -0.495 e. The Bertz CT molecular complexity index is 1270. The van der Waals surface area contributed by atoms with Gasteiger partial charge in [-0.3, -0.25) is 19.2 Å². The maximum absolute atomic E-state index is 13.4. The van der Waals surface area contributed by atoms with Crippen molar-refractivity contribution < 1.29 is 27.5 Å². The fraction of sp³-hybridized carbons (Fsp3) is 0.200. The van der Waals surface area contributed by atoms with Crippen molar-refractivity contribution in [1.82, 2.24) is 10.2 Å². The summed E-state index contributed by atoms with van der Waals surface area (Å²) < 4.78 is 37.8. The number of nitrogens with one attached hydrogen (secondary N) is 1. The fourth-order valence-corrected chi connectivity index (χ4v) is 5.92. The lowest BCUT2D eigenvalue weighted by Gasteiger charge is -2.24. The Labute approximate surface area is 209 Å². The van der Waals surface area contributed by atoms with Gasteiger partial charge in [-0.15, -0.1) is 10.2 Å². The van der Waals surface area contributed by atoms with Crippen molar-refractivity contribution in [2.24, 2.45) is 0 Å². The Hall–Kier alpha value is -2.87. The van der Waals surface area contributed by atoms with E-state index in [-0.39, 0.29) is 26.5 Å². The van der Waals surface area contributed by atoms with Crippen molar-refractivity contribution in [1.29, 1.82) is 0 Å². The molecule has 0 fully saturated rings. The molecule has 180 valence electrons. The molecule has 34 heavy (non-hydrogen) atoms. The van der Waals surface area contributed by atoms with Crippen LogP contribution in [0, 0.1) is 0 Å². The Morgan fingerprint density at radius 2 is 1.88 bits per heavy atom. The zero-order valence-corrected chi connectivity index (χ0v) is 21.1. The molecule has 0 aliphatic carbocycles. The number of hydrogen-bond acceptors (Lipinski definition) is 10. The largest absolute Gasteiger partial charge is 0.495 e. The third kappa shape index (κ3) is 6.38. The number of aromatic nitrogens is 2. The summed E-state index contributed by atoms with van der Waals surface area (Å²) in [5.74, 6) is -0.670. The van der Waals surface area contributed by atoms with Crippen molar-refractivity contribution in [3.05, 3.63) is 53.6 Å². The normalized spacial score (nSPS) is 11.0. The van der Waals surface area contributed by atoms with Gasteiger partial charge < -0.3 is 9.47 Å². The molecule has 2 aromatic carbocycles. The van der Waals surface area contributed by atoms with Crippen LogP contribution in [0.25, 0.3) is 0 Å². The number of methoxy groups -OCH3 is 2. The predicted molar refractivity (Wildman–Crippen MR) is 130 cm³/mol. The van der Waals surface area contributed by atoms with Gasteiger partial charge in [0.05, 0.1) is 35.6 Å². The highest BCUT2D eigenvalue weighted by molar-refractivity contribution is 8.01. The molecule has 1 N–H and O–H groups in total. The number of nitrogens with zero attached hydrogens (tertiary/aromatic N) is 3. The molecule has 3 aromatic rings. The Morgan fingerprint density at radius 3 is 2.53 bits per heavy atom. The number of halogens is 1. The zero-order chi connectivity index (χ0) is 24.7. The van der Waals surface area contributed by atoms with E-state index < -0.39 is 28.4 Å². The van der Waals surface area contributed by atoms with E-state index in [1.165, 1.54) is 44.6 Å². The third-order valence-electron chi connectivity index (χ3n) is 4.24. The average molecular weight is 543 g/mol. The molecule has 3 rings (SSSR count). The second-order valence-electron chi connectivity index (χ2n) is 6.43. The highest BCUT2D eigenvalue weighted by Gasteiger charge is 2.28. The molecular formula is C20H19ClN4O6S3. The number of rotatable bonds is 10. The first-order valence-corrected chi connectivity index (χ1v) is 13.1. The van der Waals surface area contributed by atoms with Crippen LogP contribution in [0.3, 0.4) is 0 Å². The van der Waals surface area contributed by atoms with Gasteiger partial charge in [0, 0.05) is 0 Å². The lowest BCUT2D eigenvalue weighted by Crippen LogP contribution is -2.38. The van der Waals surface area contributed by atoms with Crippen LogP contribution in [0.15, 0.2) is 57.8 Å². The van der Waals surface area contributed by atoms with Gasteiger partial charge in [-0.2, -0.15) is 0 Å². The van der Waals surface area contributed by atoms with E-state index >= 15 is 0 Å². The van der Waals surface area contributed by atoms with E-state index in [0.717, 1.165) is 27.4 Å². The van der Waals surface area contributed by atoms with Crippen molar-refractivity contribution >= 4 is 67.4 Å². The molecule has 0 radical (unpaired) electrons. The first-order valence-electron chi connectivity index (χ1n) is 9.49. The molecule has 14 heteroatoms. The van der Waals surface area contributed by atoms with Gasteiger partial charge >= 0.3 is 5.97 Å². The van der Waals surface area contributed by atoms with Crippen LogP contribution in [0.5, 0.6) is 5.75 Å². The number of sulfonamides is 1. The van der Waals surface area contributed by atoms with E-state index in [9.17, 15) is 18.0 Å². The minimum absolute atomic E-state index is 0.00662. The highest BCUT2D eigenvalue weighted by atomic mass is 35.5. The summed E-state index contributed by atoms with van der Waals surface area (Å²) in [6.07, 6.45) is 0. The zero-order valence-electron chi connectivity index (χ0n) is 17.9. The van der Waals surface area contributed by atoms with Gasteiger partial charge in [0.25, 0.3) is 10.0 Å². The molecule has 0 saturated carbocycles. The number of amides is 1. The maximum Gasteiger partial charge on any atom is 0.316 e. The minimum atomic E-state index is -4.11. The van der Waals surface area contributed by atoms with E-state index in [4.69, 9.17) is 16.3 Å². The first-order chi connectivity index (χ1) is 16.2. The summed E-state index contributed by atoms with van der Waals surface area (Å²) in [7, 11) is -1.39. The second kappa shape index (κ2) is 11.5. The number of anilines is 2. The number of esters is 1. The SMILES string of the molecule is COC(=O)CSc1nnc(NC(=O)CN(c2ccc(OC)c(Cl)c2)S(=O)(=O)c2ccccc2)s1. The Balaban J connectivity index is 1.83. The predicted octanol–water partition coefficient (Wildman–Crippen LogP) is 3.30. The maximum atomic E-state index is 13.4. The molecular weight excluding hydrogens is 524 g/mol. The van der Waals surface area contributed by atoms with Gasteiger partial charge in [-0.1, -0.05) is 52.9 Å². The van der Waals surface area contributed by atoms with Crippen LogP contribution in [0.4, 0.5) is 10.8 Å². The van der Waals surface area contributed by atoms with Gasteiger partial charge in [-0.05, 0) is 30.3 Å². The molecule has 1 heterocycles. The molecule has 0 atom stereocenters. The number of hydrogen-bond donors (Lipinski definition) is 1. The topological polar surface area (TPSA) is 128 Å². The van der Waals surface area contributed by atoms with Crippen molar-refractivity contribution in [2.45, 2.75) is 9.24 Å². The summed E-state index contributed by atoms with van der Waals surface area (Å²) in [6.45, 7) is -0.551. The van der Waals surface area contributed by atoms with Crippen LogP contribution in [-0.4, -0.2) is 57.0 Å². The van der Waals surface area contributed by atoms with Gasteiger partial charge in [0.15, 0.2) is 4.34 Å². The summed E-state index contributed by atoms with van der Waals surface area (Å²) in [5, 5.41) is 10.6. The molecule has 0 aliphatic heterocycles. The summed E-state index contributed by atoms with van der Waals surface area (Å²) >= 11 is 8.35. The van der Waals surface area contributed by atoms with Crippen molar-refractivity contribution in [2.75, 3.05) is 36.1 Å². The Kier molecular flexibility index (Phi) is 8.72. The van der Waals surface area contributed by atoms with Crippen LogP contribution in [0.1, 0.15) is 0 Å². The molecule has 0 saturated heterocycles. The number of thioether (sulfide) groups is 1. The van der Waals surface area contributed by atoms with E-state index in [1.807, 2.05) is 0 Å². The Morgan fingerprint density at radius 1 is 1.15 bits per heavy atom. The third-order valence-corrected chi connectivity index (χ3v) is 8.26.